The highest BCUT2D eigenvalue weighted by atomic mass is 32.2. The Balaban J connectivity index is 1.39. The molecular formula is C32H44N2O9S. The molecule has 5 rings (SSSR count). The highest BCUT2D eigenvalue weighted by molar-refractivity contribution is 7.89. The van der Waals surface area contributed by atoms with Gasteiger partial charge < -0.3 is 34.1 Å². The third-order valence-electron chi connectivity index (χ3n) is 8.38. The standard InChI is InChI=1S/C32H44N2O9S/c1-21(2)17-34(44(37,38)26-10-8-24(39-3)9-11-26)18-28(35)23-14-22-6-4-7-25(15-22)40-13-5-12-33-27-19-41-32-31(27)29(20-42-32)43-30(36)16-23/h4,6-11,15,21,23,27-29,31-33,35H,5,12-14,16-20H2,1-3H3/t23-,27+,28-,29+,31+,32-/m1/s1. The maximum Gasteiger partial charge on any atom is 0.306 e. The van der Waals surface area contributed by atoms with Gasteiger partial charge in [0.1, 0.15) is 17.6 Å². The molecule has 3 aliphatic rings. The van der Waals surface area contributed by atoms with Gasteiger partial charge in [-0.1, -0.05) is 26.0 Å². The molecule has 2 N–H and O–H groups in total. The minimum atomic E-state index is -3.95. The summed E-state index contributed by atoms with van der Waals surface area (Å²) in [5, 5.41) is 15.1. The lowest BCUT2D eigenvalue weighted by Gasteiger charge is -2.30. The molecule has 2 aromatic rings. The van der Waals surface area contributed by atoms with Crippen molar-refractivity contribution in [2.75, 3.05) is 46.6 Å². The van der Waals surface area contributed by atoms with Crippen LogP contribution in [0.15, 0.2) is 53.4 Å². The zero-order valence-corrected chi connectivity index (χ0v) is 26.4. The Hall–Kier alpha value is -2.74. The van der Waals surface area contributed by atoms with Crippen molar-refractivity contribution in [3.8, 4) is 11.5 Å². The van der Waals surface area contributed by atoms with E-state index in [4.69, 9.17) is 23.7 Å². The van der Waals surface area contributed by atoms with Gasteiger partial charge in [-0.3, -0.25) is 4.79 Å². The molecule has 3 aliphatic heterocycles. The third-order valence-corrected chi connectivity index (χ3v) is 10.2. The minimum absolute atomic E-state index is 0.00322. The number of esters is 1. The number of aliphatic hydroxyl groups excluding tert-OH is 1. The fourth-order valence-electron chi connectivity index (χ4n) is 6.13. The van der Waals surface area contributed by atoms with Crippen molar-refractivity contribution < 1.29 is 42.0 Å². The van der Waals surface area contributed by atoms with Crippen LogP contribution in [0.25, 0.3) is 0 Å². The first-order chi connectivity index (χ1) is 21.1. The van der Waals surface area contributed by atoms with E-state index in [1.165, 1.54) is 23.5 Å². The third kappa shape index (κ3) is 7.91. The molecule has 3 heterocycles. The molecule has 0 unspecified atom stereocenters. The predicted molar refractivity (Wildman–Crippen MR) is 162 cm³/mol. The molecule has 0 aliphatic carbocycles. The molecule has 0 saturated carbocycles. The average Bonchev–Trinajstić information content (AvgIpc) is 3.58. The van der Waals surface area contributed by atoms with E-state index < -0.39 is 40.4 Å². The number of nitrogens with one attached hydrogen (secondary N) is 1. The van der Waals surface area contributed by atoms with Crippen LogP contribution in [0.4, 0.5) is 0 Å². The predicted octanol–water partition coefficient (Wildman–Crippen LogP) is 2.61. The first kappa shape index (κ1) is 32.6. The van der Waals surface area contributed by atoms with Gasteiger partial charge in [-0.2, -0.15) is 4.31 Å². The van der Waals surface area contributed by atoms with Crippen LogP contribution in [0.2, 0.25) is 0 Å². The van der Waals surface area contributed by atoms with E-state index in [2.05, 4.69) is 5.32 Å². The Morgan fingerprint density at radius 2 is 1.84 bits per heavy atom. The zero-order chi connectivity index (χ0) is 31.3. The lowest BCUT2D eigenvalue weighted by molar-refractivity contribution is -0.153. The quantitative estimate of drug-likeness (QED) is 0.419. The number of aliphatic hydroxyl groups is 1. The molecule has 0 spiro atoms. The van der Waals surface area contributed by atoms with Crippen molar-refractivity contribution in [3.05, 3.63) is 54.1 Å². The molecule has 0 amide bonds. The number of fused-ring (bicyclic) bond motifs is 2. The van der Waals surface area contributed by atoms with E-state index >= 15 is 0 Å². The van der Waals surface area contributed by atoms with Gasteiger partial charge in [0.15, 0.2) is 6.29 Å². The van der Waals surface area contributed by atoms with E-state index in [1.807, 2.05) is 38.1 Å². The highest BCUT2D eigenvalue weighted by Gasteiger charge is 2.49. The second kappa shape index (κ2) is 14.6. The second-order valence-corrected chi connectivity index (χ2v) is 14.1. The van der Waals surface area contributed by atoms with Gasteiger partial charge in [-0.25, -0.2) is 8.42 Å². The highest BCUT2D eigenvalue weighted by Crippen LogP contribution is 2.34. The van der Waals surface area contributed by atoms with Gasteiger partial charge >= 0.3 is 5.97 Å². The van der Waals surface area contributed by atoms with Crippen LogP contribution in [-0.4, -0.2) is 94.9 Å². The van der Waals surface area contributed by atoms with E-state index in [0.717, 1.165) is 18.5 Å². The van der Waals surface area contributed by atoms with Crippen LogP contribution in [-0.2, 0) is 35.4 Å². The summed E-state index contributed by atoms with van der Waals surface area (Å²) in [4.78, 5) is 13.5. The number of sulfonamides is 1. The van der Waals surface area contributed by atoms with Gasteiger partial charge in [-0.15, -0.1) is 0 Å². The Kier molecular flexibility index (Phi) is 10.8. The molecule has 12 heteroatoms. The topological polar surface area (TPSA) is 133 Å². The molecule has 2 aromatic carbocycles. The Morgan fingerprint density at radius 3 is 2.59 bits per heavy atom. The largest absolute Gasteiger partial charge is 0.497 e. The number of hydrogen-bond acceptors (Lipinski definition) is 10. The van der Waals surface area contributed by atoms with Gasteiger partial charge in [0.05, 0.1) is 50.3 Å². The van der Waals surface area contributed by atoms with Crippen molar-refractivity contribution in [2.24, 2.45) is 17.8 Å². The minimum Gasteiger partial charge on any atom is -0.497 e. The van der Waals surface area contributed by atoms with Crippen LogP contribution in [0.1, 0.15) is 32.3 Å². The number of carbonyl (C=O) groups excluding carboxylic acids is 1. The van der Waals surface area contributed by atoms with Gasteiger partial charge in [0.2, 0.25) is 10.0 Å². The number of benzene rings is 2. The summed E-state index contributed by atoms with van der Waals surface area (Å²) in [5.74, 6) is -0.000397. The number of ether oxygens (including phenoxy) is 5. The van der Waals surface area contributed by atoms with Crippen molar-refractivity contribution in [1.82, 2.24) is 9.62 Å². The van der Waals surface area contributed by atoms with Gasteiger partial charge in [-0.05, 0) is 67.3 Å². The maximum absolute atomic E-state index is 13.8. The van der Waals surface area contributed by atoms with E-state index in [0.29, 0.717) is 31.1 Å². The smallest absolute Gasteiger partial charge is 0.306 e. The van der Waals surface area contributed by atoms with Gasteiger partial charge in [0.25, 0.3) is 0 Å². The molecule has 242 valence electrons. The normalized spacial score (nSPS) is 27.0. The summed E-state index contributed by atoms with van der Waals surface area (Å²) in [7, 11) is -2.44. The van der Waals surface area contributed by atoms with Crippen molar-refractivity contribution in [2.45, 2.75) is 62.5 Å². The zero-order valence-electron chi connectivity index (χ0n) is 25.6. The summed E-state index contributed by atoms with van der Waals surface area (Å²) in [6.45, 7) is 5.79. The van der Waals surface area contributed by atoms with E-state index in [9.17, 15) is 18.3 Å². The molecule has 2 fully saturated rings. The molecule has 11 nitrogen and oxygen atoms in total. The lowest BCUT2D eigenvalue weighted by atomic mass is 9.90. The van der Waals surface area contributed by atoms with Crippen LogP contribution >= 0.6 is 0 Å². The number of carbonyl (C=O) groups is 1. The molecule has 0 radical (unpaired) electrons. The summed E-state index contributed by atoms with van der Waals surface area (Å²) >= 11 is 0. The van der Waals surface area contributed by atoms with Crippen molar-refractivity contribution >= 4 is 16.0 Å². The summed E-state index contributed by atoms with van der Waals surface area (Å²) in [6.07, 6.45) is -1.07. The molecule has 2 saturated heterocycles. The second-order valence-electron chi connectivity index (χ2n) is 12.2. The molecular weight excluding hydrogens is 588 g/mol. The lowest BCUT2D eigenvalue weighted by Crippen LogP contribution is -2.44. The fourth-order valence-corrected chi connectivity index (χ4v) is 7.76. The van der Waals surface area contributed by atoms with Gasteiger partial charge in [0, 0.05) is 25.0 Å². The Bertz CT molecular complexity index is 1350. The summed E-state index contributed by atoms with van der Waals surface area (Å²) < 4.78 is 57.5. The number of rotatable bonds is 8. The van der Waals surface area contributed by atoms with Crippen LogP contribution in [0.3, 0.4) is 0 Å². The molecule has 2 bridgehead atoms. The van der Waals surface area contributed by atoms with Crippen LogP contribution < -0.4 is 14.8 Å². The van der Waals surface area contributed by atoms with Crippen molar-refractivity contribution in [3.63, 3.8) is 0 Å². The molecule has 44 heavy (non-hydrogen) atoms. The Labute approximate surface area is 259 Å². The summed E-state index contributed by atoms with van der Waals surface area (Å²) in [6, 6.07) is 13.7. The average molecular weight is 633 g/mol. The number of nitrogens with zero attached hydrogens (tertiary/aromatic N) is 1. The van der Waals surface area contributed by atoms with E-state index in [1.54, 1.807) is 12.1 Å². The monoisotopic (exact) mass is 632 g/mol. The first-order valence-corrected chi connectivity index (χ1v) is 16.8. The SMILES string of the molecule is COc1ccc(S(=O)(=O)N(CC(C)C)C[C@@H](O)[C@H]2CC(=O)O[C@H]3CO[C@H]4OC[C@H](NCCCOc5cccc(c5)C2)[C@H]43)cc1. The maximum atomic E-state index is 13.8. The molecule has 6 atom stereocenters. The van der Waals surface area contributed by atoms with Crippen LogP contribution in [0, 0.1) is 17.8 Å². The summed E-state index contributed by atoms with van der Waals surface area (Å²) in [5.41, 5.74) is 0.867. The number of methoxy groups -OCH3 is 1. The van der Waals surface area contributed by atoms with Crippen LogP contribution in [0.5, 0.6) is 11.5 Å². The Morgan fingerprint density at radius 1 is 1.07 bits per heavy atom. The molecule has 0 aromatic heterocycles. The fraction of sp³-hybridized carbons (Fsp3) is 0.594. The van der Waals surface area contributed by atoms with Crippen molar-refractivity contribution in [1.29, 1.82) is 0 Å². The van der Waals surface area contributed by atoms with E-state index in [-0.39, 0.29) is 48.9 Å². The number of hydrogen-bond donors (Lipinski definition) is 2. The first-order valence-electron chi connectivity index (χ1n) is 15.3.